The fourth-order valence-electron chi connectivity index (χ4n) is 2.66. The second-order valence-electron chi connectivity index (χ2n) is 4.84. The zero-order valence-electron chi connectivity index (χ0n) is 11.1. The van der Waals surface area contributed by atoms with Gasteiger partial charge in [-0.2, -0.15) is 0 Å². The van der Waals surface area contributed by atoms with E-state index in [1.807, 2.05) is 19.2 Å². The van der Waals surface area contributed by atoms with E-state index in [4.69, 9.17) is 11.6 Å². The smallest absolute Gasteiger partial charge is 0.0473 e. The summed E-state index contributed by atoms with van der Waals surface area (Å²) in [5.74, 6) is 0. The van der Waals surface area contributed by atoms with Crippen molar-refractivity contribution >= 4 is 11.6 Å². The summed E-state index contributed by atoms with van der Waals surface area (Å²) >= 11 is 5.95. The lowest BCUT2D eigenvalue weighted by molar-refractivity contribution is 0.153. The van der Waals surface area contributed by atoms with E-state index in [2.05, 4.69) is 34.6 Å². The second kappa shape index (κ2) is 6.53. The van der Waals surface area contributed by atoms with Crippen molar-refractivity contribution in [2.45, 2.75) is 19.0 Å². The molecule has 100 valence electrons. The number of piperazine rings is 1. The van der Waals surface area contributed by atoms with Gasteiger partial charge >= 0.3 is 0 Å². The minimum Gasteiger partial charge on any atom is -0.314 e. The molecule has 1 saturated heterocycles. The zero-order valence-corrected chi connectivity index (χ0v) is 11.9. The SMILES string of the molecule is CNC(c1ccc(Cl)cc1)C(C)N1CCNCC1. The third-order valence-electron chi connectivity index (χ3n) is 3.75. The van der Waals surface area contributed by atoms with Gasteiger partial charge < -0.3 is 10.6 Å². The molecular formula is C14H22ClN3. The van der Waals surface area contributed by atoms with Crippen molar-refractivity contribution in [2.75, 3.05) is 33.2 Å². The maximum Gasteiger partial charge on any atom is 0.0473 e. The fraction of sp³-hybridized carbons (Fsp3) is 0.571. The summed E-state index contributed by atoms with van der Waals surface area (Å²) in [4.78, 5) is 2.53. The molecular weight excluding hydrogens is 246 g/mol. The third kappa shape index (κ3) is 3.23. The van der Waals surface area contributed by atoms with Gasteiger partial charge in [0, 0.05) is 43.3 Å². The topological polar surface area (TPSA) is 27.3 Å². The highest BCUT2D eigenvalue weighted by Gasteiger charge is 2.24. The van der Waals surface area contributed by atoms with Gasteiger partial charge in [-0.05, 0) is 31.7 Å². The van der Waals surface area contributed by atoms with E-state index < -0.39 is 0 Å². The van der Waals surface area contributed by atoms with E-state index in [0.29, 0.717) is 12.1 Å². The van der Waals surface area contributed by atoms with E-state index in [1.54, 1.807) is 0 Å². The summed E-state index contributed by atoms with van der Waals surface area (Å²) < 4.78 is 0. The van der Waals surface area contributed by atoms with Crippen LogP contribution in [0, 0.1) is 0 Å². The van der Waals surface area contributed by atoms with Crippen LogP contribution in [0.1, 0.15) is 18.5 Å². The van der Waals surface area contributed by atoms with Crippen LogP contribution in [0.4, 0.5) is 0 Å². The average molecular weight is 268 g/mol. The van der Waals surface area contributed by atoms with Gasteiger partial charge in [0.15, 0.2) is 0 Å². The summed E-state index contributed by atoms with van der Waals surface area (Å²) in [6.45, 7) is 6.70. The van der Waals surface area contributed by atoms with Gasteiger partial charge in [0.05, 0.1) is 0 Å². The van der Waals surface area contributed by atoms with Crippen molar-refractivity contribution < 1.29 is 0 Å². The third-order valence-corrected chi connectivity index (χ3v) is 4.00. The van der Waals surface area contributed by atoms with Crippen molar-refractivity contribution in [3.05, 3.63) is 34.9 Å². The molecule has 1 aromatic carbocycles. The van der Waals surface area contributed by atoms with Crippen LogP contribution >= 0.6 is 11.6 Å². The van der Waals surface area contributed by atoms with Crippen LogP contribution < -0.4 is 10.6 Å². The van der Waals surface area contributed by atoms with Gasteiger partial charge in [-0.1, -0.05) is 23.7 Å². The normalized spacial score (nSPS) is 20.6. The largest absolute Gasteiger partial charge is 0.314 e. The predicted molar refractivity (Wildman–Crippen MR) is 77.2 cm³/mol. The molecule has 1 aliphatic heterocycles. The first-order valence-corrected chi connectivity index (χ1v) is 6.97. The number of benzene rings is 1. The van der Waals surface area contributed by atoms with E-state index in [9.17, 15) is 0 Å². The van der Waals surface area contributed by atoms with Crippen molar-refractivity contribution in [1.29, 1.82) is 0 Å². The molecule has 0 aromatic heterocycles. The Balaban J connectivity index is 2.09. The van der Waals surface area contributed by atoms with Crippen LogP contribution in [0.5, 0.6) is 0 Å². The minimum absolute atomic E-state index is 0.348. The first-order valence-electron chi connectivity index (χ1n) is 6.60. The number of rotatable bonds is 4. The molecule has 0 radical (unpaired) electrons. The average Bonchev–Trinajstić information content (AvgIpc) is 2.42. The summed E-state index contributed by atoms with van der Waals surface area (Å²) in [5.41, 5.74) is 1.30. The molecule has 1 aromatic rings. The highest BCUT2D eigenvalue weighted by molar-refractivity contribution is 6.30. The van der Waals surface area contributed by atoms with E-state index >= 15 is 0 Å². The molecule has 2 rings (SSSR count). The molecule has 18 heavy (non-hydrogen) atoms. The molecule has 0 aliphatic carbocycles. The Bertz CT molecular complexity index is 360. The molecule has 1 heterocycles. The van der Waals surface area contributed by atoms with Gasteiger partial charge in [-0.25, -0.2) is 0 Å². The Kier molecular flexibility index (Phi) is 5.01. The van der Waals surface area contributed by atoms with Crippen molar-refractivity contribution in [3.8, 4) is 0 Å². The van der Waals surface area contributed by atoms with Crippen LogP contribution in [0.3, 0.4) is 0 Å². The Hall–Kier alpha value is -0.610. The van der Waals surface area contributed by atoms with E-state index in [1.165, 1.54) is 5.56 Å². The first kappa shape index (κ1) is 13.8. The molecule has 3 nitrogen and oxygen atoms in total. The van der Waals surface area contributed by atoms with E-state index in [0.717, 1.165) is 31.2 Å². The number of nitrogens with zero attached hydrogens (tertiary/aromatic N) is 1. The van der Waals surface area contributed by atoms with Gasteiger partial charge in [0.25, 0.3) is 0 Å². The second-order valence-corrected chi connectivity index (χ2v) is 5.28. The molecule has 1 aliphatic rings. The molecule has 1 fully saturated rings. The van der Waals surface area contributed by atoms with Crippen molar-refractivity contribution in [3.63, 3.8) is 0 Å². The van der Waals surface area contributed by atoms with Gasteiger partial charge in [-0.3, -0.25) is 4.90 Å². The number of halogens is 1. The Morgan fingerprint density at radius 1 is 1.22 bits per heavy atom. The molecule has 0 spiro atoms. The highest BCUT2D eigenvalue weighted by atomic mass is 35.5. The number of likely N-dealkylation sites (N-methyl/N-ethyl adjacent to an activating group) is 1. The maximum atomic E-state index is 5.95. The standard InChI is InChI=1S/C14H22ClN3/c1-11(18-9-7-17-8-10-18)14(16-2)12-3-5-13(15)6-4-12/h3-6,11,14,16-17H,7-10H2,1-2H3. The molecule has 0 saturated carbocycles. The monoisotopic (exact) mass is 267 g/mol. The highest BCUT2D eigenvalue weighted by Crippen LogP contribution is 2.22. The van der Waals surface area contributed by atoms with Crippen LogP contribution in [0.2, 0.25) is 5.02 Å². The first-order chi connectivity index (χ1) is 8.72. The molecule has 4 heteroatoms. The number of hydrogen-bond acceptors (Lipinski definition) is 3. The molecule has 2 unspecified atom stereocenters. The minimum atomic E-state index is 0.348. The lowest BCUT2D eigenvalue weighted by Crippen LogP contribution is -2.51. The van der Waals surface area contributed by atoms with Gasteiger partial charge in [-0.15, -0.1) is 0 Å². The molecule has 0 bridgehead atoms. The van der Waals surface area contributed by atoms with Crippen LogP contribution in [0.25, 0.3) is 0 Å². The summed E-state index contributed by atoms with van der Waals surface area (Å²) in [6, 6.07) is 8.99. The summed E-state index contributed by atoms with van der Waals surface area (Å²) in [7, 11) is 2.03. The Labute approximate surface area is 115 Å². The van der Waals surface area contributed by atoms with Crippen molar-refractivity contribution in [1.82, 2.24) is 15.5 Å². The number of nitrogens with one attached hydrogen (secondary N) is 2. The molecule has 0 amide bonds. The van der Waals surface area contributed by atoms with Crippen molar-refractivity contribution in [2.24, 2.45) is 0 Å². The summed E-state index contributed by atoms with van der Waals surface area (Å²) in [5, 5.41) is 7.62. The quantitative estimate of drug-likeness (QED) is 0.873. The van der Waals surface area contributed by atoms with Crippen LogP contribution in [-0.4, -0.2) is 44.2 Å². The predicted octanol–water partition coefficient (Wildman–Crippen LogP) is 1.89. The van der Waals surface area contributed by atoms with Crippen LogP contribution in [0.15, 0.2) is 24.3 Å². The molecule has 2 atom stereocenters. The fourth-order valence-corrected chi connectivity index (χ4v) is 2.78. The molecule has 2 N–H and O–H groups in total. The van der Waals surface area contributed by atoms with Gasteiger partial charge in [0.1, 0.15) is 0 Å². The van der Waals surface area contributed by atoms with Crippen LogP contribution in [-0.2, 0) is 0 Å². The Morgan fingerprint density at radius 3 is 2.39 bits per heavy atom. The summed E-state index contributed by atoms with van der Waals surface area (Å²) in [6.07, 6.45) is 0. The lowest BCUT2D eigenvalue weighted by Gasteiger charge is -2.37. The Morgan fingerprint density at radius 2 is 1.83 bits per heavy atom. The van der Waals surface area contributed by atoms with E-state index in [-0.39, 0.29) is 0 Å². The zero-order chi connectivity index (χ0) is 13.0. The maximum absolute atomic E-state index is 5.95. The number of hydrogen-bond donors (Lipinski definition) is 2. The lowest BCUT2D eigenvalue weighted by atomic mass is 9.99. The van der Waals surface area contributed by atoms with Gasteiger partial charge in [0.2, 0.25) is 0 Å².